The molecule has 10 nitrogen and oxygen atoms in total. The summed E-state index contributed by atoms with van der Waals surface area (Å²) in [4.78, 5) is 45.0. The molecule has 7 heterocycles. The number of imidazole rings is 1. The summed E-state index contributed by atoms with van der Waals surface area (Å²) in [7, 11) is 0. The Balaban J connectivity index is 1.21. The summed E-state index contributed by atoms with van der Waals surface area (Å²) >= 11 is 0. The predicted molar refractivity (Wildman–Crippen MR) is 147 cm³/mol. The number of carbonyl (C=O) groups is 1. The SMILES string of the molecule is O=C(Nc1cncc(-c2cnc3c(c2F)C(c2nc4c(-c5cccnc5)nccc4[nH]2)=NC2CN32)c1)C1CCC1. The molecular formula is C29H22FN9O. The van der Waals surface area contributed by atoms with Crippen molar-refractivity contribution in [2.24, 2.45) is 10.9 Å². The lowest BCUT2D eigenvalue weighted by Crippen LogP contribution is -2.28. The van der Waals surface area contributed by atoms with Gasteiger partial charge in [-0.15, -0.1) is 0 Å². The second-order valence-electron chi connectivity index (χ2n) is 10.3. The third kappa shape index (κ3) is 3.65. The molecule has 196 valence electrons. The second kappa shape index (κ2) is 8.73. The van der Waals surface area contributed by atoms with E-state index in [1.54, 1.807) is 37.1 Å². The first kappa shape index (κ1) is 22.9. The fourth-order valence-corrected chi connectivity index (χ4v) is 5.30. The molecule has 1 saturated heterocycles. The zero-order chi connectivity index (χ0) is 26.8. The van der Waals surface area contributed by atoms with Gasteiger partial charge >= 0.3 is 0 Å². The molecule has 2 fully saturated rings. The highest BCUT2D eigenvalue weighted by atomic mass is 19.1. The van der Waals surface area contributed by atoms with Gasteiger partial charge in [0.05, 0.1) is 35.2 Å². The lowest BCUT2D eigenvalue weighted by atomic mass is 9.85. The number of nitrogens with one attached hydrogen (secondary N) is 2. The van der Waals surface area contributed by atoms with Crippen molar-refractivity contribution in [3.05, 3.63) is 78.7 Å². The molecule has 1 aliphatic carbocycles. The highest BCUT2D eigenvalue weighted by Crippen LogP contribution is 2.40. The van der Waals surface area contributed by atoms with Gasteiger partial charge in [0.15, 0.2) is 5.82 Å². The van der Waals surface area contributed by atoms with Crippen molar-refractivity contribution < 1.29 is 9.18 Å². The molecule has 5 aromatic heterocycles. The van der Waals surface area contributed by atoms with Crippen LogP contribution in [0.4, 0.5) is 15.9 Å². The first-order valence-electron chi connectivity index (χ1n) is 13.2. The summed E-state index contributed by atoms with van der Waals surface area (Å²) in [5.41, 5.74) is 4.92. The van der Waals surface area contributed by atoms with Gasteiger partial charge in [0.2, 0.25) is 5.91 Å². The summed E-state index contributed by atoms with van der Waals surface area (Å²) < 4.78 is 16.4. The molecule has 11 heteroatoms. The number of H-pyrrole nitrogens is 1. The first-order chi connectivity index (χ1) is 19.6. The summed E-state index contributed by atoms with van der Waals surface area (Å²) in [6.45, 7) is 0.662. The standard InChI is InChI=1S/C29H22FN9O/c30-23-19(17-9-18(12-32-11-17)35-29(40)15-3-1-4-15)13-34-28-22(23)26(37-21-14-39(21)28)27-36-20-6-8-33-24(25(20)38-27)16-5-2-7-31-10-16/h2,5-13,15,21H,1,3-4,14H2,(H,35,40)(H,36,38). The number of anilines is 2. The minimum Gasteiger partial charge on any atom is -0.337 e. The summed E-state index contributed by atoms with van der Waals surface area (Å²) in [5.74, 6) is 0.511. The predicted octanol–water partition coefficient (Wildman–Crippen LogP) is 4.35. The van der Waals surface area contributed by atoms with Crippen LogP contribution < -0.4 is 10.2 Å². The largest absolute Gasteiger partial charge is 0.337 e. The molecule has 1 saturated carbocycles. The number of nitrogens with zero attached hydrogens (tertiary/aromatic N) is 7. The van der Waals surface area contributed by atoms with Crippen molar-refractivity contribution in [1.82, 2.24) is 29.9 Å². The first-order valence-corrected chi connectivity index (χ1v) is 13.2. The van der Waals surface area contributed by atoms with Crippen LogP contribution in [0.1, 0.15) is 30.7 Å². The minimum absolute atomic E-state index is 0.0266. The lowest BCUT2D eigenvalue weighted by Gasteiger charge is -2.24. The number of hydrogen-bond acceptors (Lipinski definition) is 8. The minimum atomic E-state index is -0.468. The van der Waals surface area contributed by atoms with Crippen LogP contribution in [0, 0.1) is 11.7 Å². The van der Waals surface area contributed by atoms with Crippen molar-refractivity contribution >= 4 is 34.2 Å². The van der Waals surface area contributed by atoms with E-state index in [2.05, 4.69) is 30.2 Å². The second-order valence-corrected chi connectivity index (χ2v) is 10.3. The Morgan fingerprint density at radius 1 is 1.05 bits per heavy atom. The molecule has 0 aromatic carbocycles. The molecule has 0 radical (unpaired) electrons. The van der Waals surface area contributed by atoms with E-state index in [0.717, 1.165) is 30.3 Å². The van der Waals surface area contributed by atoms with E-state index >= 15 is 4.39 Å². The molecule has 2 aliphatic heterocycles. The van der Waals surface area contributed by atoms with E-state index < -0.39 is 5.82 Å². The molecular weight excluding hydrogens is 509 g/mol. The van der Waals surface area contributed by atoms with E-state index in [-0.39, 0.29) is 29.1 Å². The topological polar surface area (TPSA) is 125 Å². The van der Waals surface area contributed by atoms with E-state index in [9.17, 15) is 4.79 Å². The van der Waals surface area contributed by atoms with Crippen molar-refractivity contribution in [2.45, 2.75) is 25.4 Å². The molecule has 1 atom stereocenters. The molecule has 1 amide bonds. The number of amides is 1. The molecule has 0 bridgehead atoms. The Kier molecular flexibility index (Phi) is 5.00. The fourth-order valence-electron chi connectivity index (χ4n) is 5.30. The highest BCUT2D eigenvalue weighted by molar-refractivity contribution is 6.17. The Morgan fingerprint density at radius 2 is 1.95 bits per heavy atom. The van der Waals surface area contributed by atoms with Crippen LogP contribution in [-0.2, 0) is 4.79 Å². The van der Waals surface area contributed by atoms with Crippen LogP contribution in [0.2, 0.25) is 0 Å². The maximum Gasteiger partial charge on any atom is 0.227 e. The van der Waals surface area contributed by atoms with Crippen molar-refractivity contribution in [2.75, 3.05) is 16.8 Å². The van der Waals surface area contributed by atoms with Gasteiger partial charge in [0.1, 0.15) is 29.0 Å². The number of rotatable bonds is 5. The Labute approximate surface area is 227 Å². The summed E-state index contributed by atoms with van der Waals surface area (Å²) in [6, 6.07) is 7.32. The van der Waals surface area contributed by atoms with E-state index in [4.69, 9.17) is 9.98 Å². The lowest BCUT2D eigenvalue weighted by molar-refractivity contribution is -0.122. The van der Waals surface area contributed by atoms with E-state index in [0.29, 0.717) is 46.4 Å². The average molecular weight is 532 g/mol. The third-order valence-corrected chi connectivity index (χ3v) is 7.72. The number of carbonyl (C=O) groups excluding carboxylic acids is 1. The van der Waals surface area contributed by atoms with Crippen LogP contribution in [0.25, 0.3) is 33.4 Å². The summed E-state index contributed by atoms with van der Waals surface area (Å²) in [5, 5.41) is 2.92. The quantitative estimate of drug-likeness (QED) is 0.323. The van der Waals surface area contributed by atoms with Crippen LogP contribution in [0.15, 0.2) is 66.4 Å². The average Bonchev–Trinajstić information content (AvgIpc) is 3.60. The summed E-state index contributed by atoms with van der Waals surface area (Å²) in [6.07, 6.45) is 12.5. The van der Waals surface area contributed by atoms with Gasteiger partial charge in [-0.25, -0.2) is 14.4 Å². The van der Waals surface area contributed by atoms with Gasteiger partial charge in [-0.3, -0.25) is 24.7 Å². The number of halogens is 1. The Morgan fingerprint density at radius 3 is 2.77 bits per heavy atom. The number of aliphatic imine (C=N–C) groups is 1. The molecule has 1 unspecified atom stereocenters. The molecule has 8 rings (SSSR count). The van der Waals surface area contributed by atoms with Crippen molar-refractivity contribution in [3.8, 4) is 22.4 Å². The van der Waals surface area contributed by atoms with Crippen molar-refractivity contribution in [1.29, 1.82) is 0 Å². The fraction of sp³-hybridized carbons (Fsp3) is 0.207. The van der Waals surface area contributed by atoms with Gasteiger partial charge < -0.3 is 15.2 Å². The monoisotopic (exact) mass is 531 g/mol. The van der Waals surface area contributed by atoms with Crippen LogP contribution in [0.5, 0.6) is 0 Å². The van der Waals surface area contributed by atoms with Gasteiger partial charge in [0.25, 0.3) is 0 Å². The van der Waals surface area contributed by atoms with Crippen LogP contribution in [-0.4, -0.2) is 54.2 Å². The number of aromatic nitrogens is 6. The van der Waals surface area contributed by atoms with Gasteiger partial charge in [0, 0.05) is 53.6 Å². The van der Waals surface area contributed by atoms with E-state index in [1.165, 1.54) is 6.20 Å². The number of fused-ring (bicyclic) bond motifs is 4. The highest BCUT2D eigenvalue weighted by Gasteiger charge is 2.44. The molecule has 5 aromatic rings. The van der Waals surface area contributed by atoms with Gasteiger partial charge in [-0.05, 0) is 37.1 Å². The number of aromatic amines is 1. The van der Waals surface area contributed by atoms with Crippen LogP contribution in [0.3, 0.4) is 0 Å². The smallest absolute Gasteiger partial charge is 0.227 e. The number of pyridine rings is 4. The number of hydrogen-bond donors (Lipinski definition) is 2. The maximum absolute atomic E-state index is 16.4. The zero-order valence-corrected chi connectivity index (χ0v) is 21.2. The molecule has 40 heavy (non-hydrogen) atoms. The Bertz CT molecular complexity index is 1850. The maximum atomic E-state index is 16.4. The van der Waals surface area contributed by atoms with E-state index in [1.807, 2.05) is 23.1 Å². The molecule has 3 aliphatic rings. The molecule has 0 spiro atoms. The normalized spacial score (nSPS) is 17.6. The Hall–Kier alpha value is -5.06. The van der Waals surface area contributed by atoms with Gasteiger partial charge in [-0.1, -0.05) is 6.42 Å². The van der Waals surface area contributed by atoms with Crippen LogP contribution >= 0.6 is 0 Å². The molecule has 2 N–H and O–H groups in total. The third-order valence-electron chi connectivity index (χ3n) is 7.72. The van der Waals surface area contributed by atoms with Crippen molar-refractivity contribution in [3.63, 3.8) is 0 Å². The van der Waals surface area contributed by atoms with Gasteiger partial charge in [-0.2, -0.15) is 0 Å². The zero-order valence-electron chi connectivity index (χ0n) is 21.2.